The number of nitrogens with zero attached hydrogens (tertiary/aromatic N) is 2. The Hall–Kier alpha value is -2.29. The van der Waals surface area contributed by atoms with E-state index in [0.717, 1.165) is 18.2 Å². The first-order valence-corrected chi connectivity index (χ1v) is 5.75. The summed E-state index contributed by atoms with van der Waals surface area (Å²) in [4.78, 5) is 12.1. The highest BCUT2D eigenvalue weighted by Gasteiger charge is 2.62. The molecular weight excluding hydrogens is 293 g/mol. The number of phenols is 2. The van der Waals surface area contributed by atoms with Crippen molar-refractivity contribution in [3.8, 4) is 11.5 Å². The Kier molecular flexibility index (Phi) is 3.32. The number of phenolic OH excluding ortho intramolecular Hbond substituents is 2. The molecule has 2 rings (SSSR count). The van der Waals surface area contributed by atoms with Gasteiger partial charge in [0.25, 0.3) is 11.6 Å². The summed E-state index contributed by atoms with van der Waals surface area (Å²) in [6.07, 6.45) is -5.98. The van der Waals surface area contributed by atoms with Gasteiger partial charge in [0.15, 0.2) is 0 Å². The summed E-state index contributed by atoms with van der Waals surface area (Å²) in [6, 6.07) is 2.63. The summed E-state index contributed by atoms with van der Waals surface area (Å²) in [6.45, 7) is 1.24. The van der Waals surface area contributed by atoms with Crippen molar-refractivity contribution < 1.29 is 33.3 Å². The Bertz CT molecular complexity index is 609. The normalized spacial score (nSPS) is 22.3. The molecule has 1 aliphatic rings. The molecule has 0 fully saturated rings. The van der Waals surface area contributed by atoms with E-state index in [0.29, 0.717) is 0 Å². The molecule has 21 heavy (non-hydrogen) atoms. The number of hydrogen-bond acceptors (Lipinski definition) is 5. The molecule has 1 aromatic carbocycles. The molecular formula is C12H11F3N2O4. The molecule has 0 saturated carbocycles. The summed E-state index contributed by atoms with van der Waals surface area (Å²) >= 11 is 0. The number of hydrogen-bond donors (Lipinski definition) is 3. The number of carbonyl (C=O) groups is 1. The summed E-state index contributed by atoms with van der Waals surface area (Å²) in [5.74, 6) is -2.31. The van der Waals surface area contributed by atoms with Gasteiger partial charge in [0.1, 0.15) is 11.5 Å². The number of hydrazone groups is 1. The van der Waals surface area contributed by atoms with Gasteiger partial charge in [-0.3, -0.25) is 4.79 Å². The third-order valence-corrected chi connectivity index (χ3v) is 2.92. The van der Waals surface area contributed by atoms with Crippen molar-refractivity contribution >= 4 is 11.6 Å². The van der Waals surface area contributed by atoms with Crippen molar-refractivity contribution in [1.29, 1.82) is 0 Å². The molecule has 0 unspecified atom stereocenters. The molecule has 0 aliphatic carbocycles. The fraction of sp³-hybridized carbons (Fsp3) is 0.333. The fourth-order valence-electron chi connectivity index (χ4n) is 2.00. The topological polar surface area (TPSA) is 93.4 Å². The summed E-state index contributed by atoms with van der Waals surface area (Å²) < 4.78 is 39.0. The minimum Gasteiger partial charge on any atom is -0.508 e. The van der Waals surface area contributed by atoms with Gasteiger partial charge in [-0.25, -0.2) is 0 Å². The maximum Gasteiger partial charge on any atom is 0.438 e. The van der Waals surface area contributed by atoms with E-state index < -0.39 is 41.3 Å². The minimum atomic E-state index is -5.11. The molecule has 1 amide bonds. The van der Waals surface area contributed by atoms with Crippen LogP contribution in [0.3, 0.4) is 0 Å². The maximum atomic E-state index is 13.0. The molecule has 0 aromatic heterocycles. The van der Waals surface area contributed by atoms with E-state index in [-0.39, 0.29) is 10.7 Å². The van der Waals surface area contributed by atoms with Crippen LogP contribution in [-0.2, 0) is 0 Å². The van der Waals surface area contributed by atoms with Gasteiger partial charge in [0, 0.05) is 23.8 Å². The van der Waals surface area contributed by atoms with Crippen LogP contribution in [-0.4, -0.2) is 43.8 Å². The van der Waals surface area contributed by atoms with Crippen molar-refractivity contribution in [3.05, 3.63) is 23.8 Å². The van der Waals surface area contributed by atoms with Crippen LogP contribution in [0.1, 0.15) is 23.7 Å². The Morgan fingerprint density at radius 1 is 1.29 bits per heavy atom. The lowest BCUT2D eigenvalue weighted by Crippen LogP contribution is -2.56. The van der Waals surface area contributed by atoms with Crippen molar-refractivity contribution in [2.24, 2.45) is 5.10 Å². The lowest BCUT2D eigenvalue weighted by atomic mass is 10.1. The van der Waals surface area contributed by atoms with Gasteiger partial charge in [-0.1, -0.05) is 0 Å². The number of rotatable bonds is 1. The molecule has 0 spiro atoms. The number of halogens is 3. The van der Waals surface area contributed by atoms with Crippen molar-refractivity contribution in [2.75, 3.05) is 0 Å². The zero-order valence-corrected chi connectivity index (χ0v) is 10.7. The minimum absolute atomic E-state index is 0.0763. The Morgan fingerprint density at radius 2 is 1.81 bits per heavy atom. The molecule has 1 atom stereocenters. The highest BCUT2D eigenvalue weighted by Crippen LogP contribution is 2.41. The van der Waals surface area contributed by atoms with E-state index >= 15 is 0 Å². The number of benzene rings is 1. The number of aromatic hydroxyl groups is 2. The third-order valence-electron chi connectivity index (χ3n) is 2.92. The lowest BCUT2D eigenvalue weighted by Gasteiger charge is -2.32. The average molecular weight is 304 g/mol. The Balaban J connectivity index is 2.45. The van der Waals surface area contributed by atoms with E-state index in [2.05, 4.69) is 5.10 Å². The van der Waals surface area contributed by atoms with Crippen LogP contribution >= 0.6 is 0 Å². The van der Waals surface area contributed by atoms with E-state index in [1.807, 2.05) is 0 Å². The van der Waals surface area contributed by atoms with Crippen LogP contribution in [0.2, 0.25) is 0 Å². The molecule has 1 aromatic rings. The lowest BCUT2D eigenvalue weighted by molar-refractivity contribution is -0.297. The molecule has 3 N–H and O–H groups in total. The molecule has 0 radical (unpaired) electrons. The summed E-state index contributed by atoms with van der Waals surface area (Å²) in [7, 11) is 0. The molecule has 114 valence electrons. The van der Waals surface area contributed by atoms with Crippen molar-refractivity contribution in [2.45, 2.75) is 25.2 Å². The van der Waals surface area contributed by atoms with E-state index in [1.54, 1.807) is 0 Å². The number of alkyl halides is 3. The molecule has 0 bridgehead atoms. The van der Waals surface area contributed by atoms with Crippen LogP contribution in [0.15, 0.2) is 23.3 Å². The Morgan fingerprint density at radius 3 is 2.29 bits per heavy atom. The number of amides is 1. The first-order chi connectivity index (χ1) is 9.54. The van der Waals surface area contributed by atoms with Gasteiger partial charge >= 0.3 is 6.18 Å². The largest absolute Gasteiger partial charge is 0.508 e. The van der Waals surface area contributed by atoms with E-state index in [4.69, 9.17) is 0 Å². The first-order valence-electron chi connectivity index (χ1n) is 5.75. The number of aliphatic hydroxyl groups is 1. The monoisotopic (exact) mass is 304 g/mol. The van der Waals surface area contributed by atoms with Gasteiger partial charge in [-0.05, 0) is 19.1 Å². The predicted octanol–water partition coefficient (Wildman–Crippen LogP) is 1.57. The van der Waals surface area contributed by atoms with Gasteiger partial charge in [-0.15, -0.1) is 0 Å². The zero-order chi connectivity index (χ0) is 16.0. The standard InChI is InChI=1S/C12H11F3N2O4/c1-6-5-11(21,12(13,14)15)17(16-6)10(20)7-2-8(18)4-9(19)3-7/h2-4,18-19,21H,5H2,1H3/t11-/m1/s1. The molecule has 9 heteroatoms. The molecule has 1 aliphatic heterocycles. The second-order valence-corrected chi connectivity index (χ2v) is 4.68. The summed E-state index contributed by atoms with van der Waals surface area (Å²) in [5, 5.41) is 31.6. The quantitative estimate of drug-likeness (QED) is 0.734. The SMILES string of the molecule is CC1=NN(C(=O)c2cc(O)cc(O)c2)[C@](O)(C(F)(F)F)C1. The highest BCUT2D eigenvalue weighted by atomic mass is 19.4. The second-order valence-electron chi connectivity index (χ2n) is 4.68. The average Bonchev–Trinajstić information content (AvgIpc) is 2.63. The second kappa shape index (κ2) is 4.62. The van der Waals surface area contributed by atoms with Gasteiger partial charge < -0.3 is 15.3 Å². The zero-order valence-electron chi connectivity index (χ0n) is 10.7. The maximum absolute atomic E-state index is 13.0. The van der Waals surface area contributed by atoms with Crippen molar-refractivity contribution in [3.63, 3.8) is 0 Å². The molecule has 6 nitrogen and oxygen atoms in total. The smallest absolute Gasteiger partial charge is 0.438 e. The van der Waals surface area contributed by atoms with Gasteiger partial charge in [0.2, 0.25) is 0 Å². The van der Waals surface area contributed by atoms with Gasteiger partial charge in [-0.2, -0.15) is 23.3 Å². The highest BCUT2D eigenvalue weighted by molar-refractivity contribution is 5.98. The van der Waals surface area contributed by atoms with Crippen LogP contribution in [0, 0.1) is 0 Å². The van der Waals surface area contributed by atoms with E-state index in [9.17, 15) is 33.3 Å². The first kappa shape index (κ1) is 15.1. The number of carbonyl (C=O) groups excluding carboxylic acids is 1. The van der Waals surface area contributed by atoms with E-state index in [1.165, 1.54) is 6.92 Å². The third kappa shape index (κ3) is 2.51. The fourth-order valence-corrected chi connectivity index (χ4v) is 2.00. The molecule has 1 heterocycles. The van der Waals surface area contributed by atoms with Crippen LogP contribution in [0.5, 0.6) is 11.5 Å². The van der Waals surface area contributed by atoms with Crippen LogP contribution in [0.4, 0.5) is 13.2 Å². The van der Waals surface area contributed by atoms with Crippen LogP contribution in [0.25, 0.3) is 0 Å². The Labute approximate surface area is 116 Å². The predicted molar refractivity (Wildman–Crippen MR) is 64.7 cm³/mol. The van der Waals surface area contributed by atoms with Gasteiger partial charge in [0.05, 0.1) is 0 Å². The summed E-state index contributed by atoms with van der Waals surface area (Å²) in [5.41, 5.74) is -3.96. The van der Waals surface area contributed by atoms with Crippen LogP contribution < -0.4 is 0 Å². The molecule has 0 saturated heterocycles. The van der Waals surface area contributed by atoms with Crippen molar-refractivity contribution in [1.82, 2.24) is 5.01 Å².